The molecule has 0 radical (unpaired) electrons. The van der Waals surface area contributed by atoms with Crippen molar-refractivity contribution in [3.8, 4) is 11.1 Å². The average molecular weight is 723 g/mol. The van der Waals surface area contributed by atoms with Gasteiger partial charge in [-0.3, -0.25) is 0 Å². The molecule has 3 heteroatoms. The van der Waals surface area contributed by atoms with Crippen LogP contribution >= 0.6 is 0 Å². The fourth-order valence-electron chi connectivity index (χ4n) is 7.18. The predicted octanol–water partition coefficient (Wildman–Crippen LogP) is 5.37. The Morgan fingerprint density at radius 1 is 0.587 bits per heavy atom. The van der Waals surface area contributed by atoms with Gasteiger partial charge in [0.2, 0.25) is 0 Å². The Balaban J connectivity index is 0.000000193. The molecule has 0 nitrogen and oxygen atoms in total. The van der Waals surface area contributed by atoms with Gasteiger partial charge in [0.05, 0.1) is 0 Å². The van der Waals surface area contributed by atoms with E-state index in [-0.39, 0.29) is 24.8 Å². The smallest absolute Gasteiger partial charge is 0.0162 e. The summed E-state index contributed by atoms with van der Waals surface area (Å²) in [5.74, 6) is 1.58. The molecule has 0 heterocycles. The summed E-state index contributed by atoms with van der Waals surface area (Å²) >= 11 is 1.46. The Labute approximate surface area is 304 Å². The van der Waals surface area contributed by atoms with Crippen LogP contribution in [-0.4, -0.2) is 3.21 Å². The molecule has 2 saturated carbocycles. The van der Waals surface area contributed by atoms with Crippen LogP contribution in [0.3, 0.4) is 0 Å². The standard InChI is InChI=1S/C25H29.C13H10.C5H5.2ClH.Zr/c1-3-7-18(8-4-1)20-11-13-22-15-23-14-12-21(17-25(23)24(22)16-20)19-9-5-2-6-10-19;1-3-7-12(8-4-1)11-13-9-5-2-6-10-13;1-2-4-5-3-1;;;/h11-13,16-19H,1-10,15H2;1-10H;1-5H;2*1H;/q-1;;-1;;;+2/p-2. The summed E-state index contributed by atoms with van der Waals surface area (Å²) in [6.45, 7) is 0. The minimum absolute atomic E-state index is 0. The third-order valence-corrected chi connectivity index (χ3v) is 11.1. The van der Waals surface area contributed by atoms with E-state index in [0.717, 1.165) is 18.3 Å². The minimum Gasteiger partial charge on any atom is -0.214 e. The van der Waals surface area contributed by atoms with Crippen LogP contribution in [0, 0.1) is 6.07 Å². The first-order valence-electron chi connectivity index (χ1n) is 16.8. The fraction of sp³-hybridized carbons (Fsp3) is 0.302. The van der Waals surface area contributed by atoms with Crippen LogP contribution in [0.2, 0.25) is 0 Å². The molecule has 0 N–H and O–H groups in total. The van der Waals surface area contributed by atoms with Gasteiger partial charge in [0.1, 0.15) is 0 Å². The molecule has 0 spiro atoms. The minimum atomic E-state index is 0. The van der Waals surface area contributed by atoms with Gasteiger partial charge in [-0.1, -0.05) is 86.6 Å². The van der Waals surface area contributed by atoms with Gasteiger partial charge in [0.15, 0.2) is 0 Å². The van der Waals surface area contributed by atoms with E-state index in [2.05, 4.69) is 97.1 Å². The SMILES string of the molecule is [Cl-].[Cl-].[Zr+2]=[C](c1ccccc1)c1ccccc1.[c-]1cc(C2CCCCC2)cc2c1Cc1ccc(C3CCCCC3)cc1-2.c1cc[cH-]c1. The van der Waals surface area contributed by atoms with Crippen LogP contribution in [0.15, 0.2) is 121 Å². The van der Waals surface area contributed by atoms with E-state index >= 15 is 0 Å². The van der Waals surface area contributed by atoms with Crippen LogP contribution in [0.1, 0.15) is 109 Å². The largest absolute Gasteiger partial charge is 0.214 e. The second-order valence-corrected chi connectivity index (χ2v) is 13.9. The zero-order valence-corrected chi connectivity index (χ0v) is 30.7. The Hall–Kier alpha value is -2.44. The first-order chi connectivity index (χ1) is 21.8. The molecular weight excluding hydrogens is 679 g/mol. The molecule has 3 aliphatic carbocycles. The summed E-state index contributed by atoms with van der Waals surface area (Å²) < 4.78 is 1.42. The molecule has 0 aromatic heterocycles. The molecule has 0 amide bonds. The predicted molar refractivity (Wildman–Crippen MR) is 183 cm³/mol. The zero-order chi connectivity index (χ0) is 30.0. The summed E-state index contributed by atoms with van der Waals surface area (Å²) in [6, 6.07) is 47.0. The molecule has 3 aliphatic rings. The maximum atomic E-state index is 3.66. The molecule has 0 aliphatic heterocycles. The van der Waals surface area contributed by atoms with E-state index in [9.17, 15) is 0 Å². The van der Waals surface area contributed by atoms with Gasteiger partial charge in [-0.25, -0.2) is 12.1 Å². The second-order valence-electron chi connectivity index (χ2n) is 12.7. The van der Waals surface area contributed by atoms with Gasteiger partial charge in [-0.05, 0) is 30.7 Å². The Bertz CT molecular complexity index is 1470. The van der Waals surface area contributed by atoms with Gasteiger partial charge < -0.3 is 24.8 Å². The summed E-state index contributed by atoms with van der Waals surface area (Å²) in [4.78, 5) is 0. The quantitative estimate of drug-likeness (QED) is 0.215. The molecule has 2 fully saturated rings. The van der Waals surface area contributed by atoms with Crippen molar-refractivity contribution in [3.05, 3.63) is 161 Å². The average Bonchev–Trinajstić information content (AvgIpc) is 3.82. The van der Waals surface area contributed by atoms with Gasteiger partial charge in [-0.2, -0.15) is 47.5 Å². The summed E-state index contributed by atoms with van der Waals surface area (Å²) in [5, 5.41) is 0. The van der Waals surface area contributed by atoms with Crippen molar-refractivity contribution >= 4 is 3.21 Å². The van der Waals surface area contributed by atoms with Crippen molar-refractivity contribution in [2.75, 3.05) is 0 Å². The maximum Gasteiger partial charge on any atom is -0.0162 e. The van der Waals surface area contributed by atoms with Gasteiger partial charge in [0, 0.05) is 0 Å². The van der Waals surface area contributed by atoms with Crippen LogP contribution in [0.4, 0.5) is 0 Å². The van der Waals surface area contributed by atoms with Gasteiger partial charge >= 0.3 is 99.2 Å². The molecule has 5 aromatic carbocycles. The molecule has 0 unspecified atom stereocenters. The Morgan fingerprint density at radius 3 is 1.63 bits per heavy atom. The molecule has 8 rings (SSSR count). The number of rotatable bonds is 4. The van der Waals surface area contributed by atoms with Crippen LogP contribution in [0.5, 0.6) is 0 Å². The van der Waals surface area contributed by atoms with Crippen molar-refractivity contribution in [2.24, 2.45) is 0 Å². The monoisotopic (exact) mass is 720 g/mol. The molecule has 46 heavy (non-hydrogen) atoms. The molecular formula is C43H44Cl2Zr-2. The Kier molecular flexibility index (Phi) is 14.9. The van der Waals surface area contributed by atoms with Crippen LogP contribution in [0.25, 0.3) is 11.1 Å². The number of hydrogen-bond donors (Lipinski definition) is 0. The number of halogens is 2. The topological polar surface area (TPSA) is 0 Å². The first-order valence-corrected chi connectivity index (χ1v) is 18.0. The zero-order valence-electron chi connectivity index (χ0n) is 26.7. The number of fused-ring (bicyclic) bond motifs is 3. The van der Waals surface area contributed by atoms with E-state index in [1.54, 1.807) is 11.1 Å². The first kappa shape index (κ1) is 36.4. The summed E-state index contributed by atoms with van der Waals surface area (Å²) in [7, 11) is 0. The molecule has 5 aromatic rings. The number of benzene rings is 4. The van der Waals surface area contributed by atoms with E-state index in [0.29, 0.717) is 0 Å². The van der Waals surface area contributed by atoms with E-state index in [1.807, 2.05) is 30.3 Å². The van der Waals surface area contributed by atoms with Crippen molar-refractivity contribution < 1.29 is 49.0 Å². The van der Waals surface area contributed by atoms with E-state index in [4.69, 9.17) is 0 Å². The summed E-state index contributed by atoms with van der Waals surface area (Å²) in [6.07, 6.45) is 15.1. The molecule has 0 atom stereocenters. The summed E-state index contributed by atoms with van der Waals surface area (Å²) in [5.41, 5.74) is 11.8. The van der Waals surface area contributed by atoms with E-state index in [1.165, 1.54) is 125 Å². The fourth-order valence-corrected chi connectivity index (χ4v) is 8.00. The Morgan fingerprint density at radius 2 is 1.11 bits per heavy atom. The molecule has 236 valence electrons. The van der Waals surface area contributed by atoms with Crippen LogP contribution < -0.4 is 24.8 Å². The van der Waals surface area contributed by atoms with Gasteiger partial charge in [0.25, 0.3) is 0 Å². The van der Waals surface area contributed by atoms with Crippen molar-refractivity contribution in [2.45, 2.75) is 82.5 Å². The van der Waals surface area contributed by atoms with Crippen molar-refractivity contribution in [3.63, 3.8) is 0 Å². The maximum absolute atomic E-state index is 3.66. The van der Waals surface area contributed by atoms with E-state index < -0.39 is 0 Å². The molecule has 0 saturated heterocycles. The second kappa shape index (κ2) is 18.8. The van der Waals surface area contributed by atoms with Crippen molar-refractivity contribution in [1.29, 1.82) is 0 Å². The molecule has 0 bridgehead atoms. The number of hydrogen-bond acceptors (Lipinski definition) is 0. The van der Waals surface area contributed by atoms with Crippen LogP contribution in [-0.2, 0) is 30.7 Å². The normalized spacial score (nSPS) is 15.3. The third-order valence-electron chi connectivity index (χ3n) is 9.67. The van der Waals surface area contributed by atoms with Crippen molar-refractivity contribution in [1.82, 2.24) is 0 Å². The third kappa shape index (κ3) is 9.56. The van der Waals surface area contributed by atoms with Gasteiger partial charge in [-0.15, -0.1) is 5.56 Å².